The third kappa shape index (κ3) is 3.39. The molecule has 0 aliphatic heterocycles. The number of nitrogens with two attached hydrogens (primary N) is 1. The van der Waals surface area contributed by atoms with Gasteiger partial charge in [0.2, 0.25) is 11.8 Å². The lowest BCUT2D eigenvalue weighted by molar-refractivity contribution is 0.454. The quantitative estimate of drug-likeness (QED) is 0.637. The molecule has 0 amide bonds. The molecule has 0 fully saturated rings. The van der Waals surface area contributed by atoms with Gasteiger partial charge in [-0.1, -0.05) is 41.4 Å². The summed E-state index contributed by atoms with van der Waals surface area (Å²) in [6.07, 6.45) is 1.44. The monoisotopic (exact) mass is 356 g/mol. The third-order valence-corrected chi connectivity index (χ3v) is 3.39. The molecular weight excluding hydrogens is 344 g/mol. The number of hydrogen-bond acceptors (Lipinski definition) is 5. The average molecular weight is 358 g/mol. The van der Waals surface area contributed by atoms with Crippen molar-refractivity contribution in [2.45, 2.75) is 19.8 Å². The largest absolute Gasteiger partial charge is 0.437 e. The van der Waals surface area contributed by atoms with E-state index in [0.29, 0.717) is 16.7 Å². The van der Waals surface area contributed by atoms with Crippen LogP contribution in [0.4, 0.5) is 5.95 Å². The summed E-state index contributed by atoms with van der Waals surface area (Å²) in [6.45, 7) is 4.17. The first-order valence-corrected chi connectivity index (χ1v) is 7.14. The number of halogens is 2. The number of ether oxygens (including phenoxy) is 1. The fourth-order valence-corrected chi connectivity index (χ4v) is 2.17. The fraction of sp³-hybridized carbons (Fsp3) is 0.231. The molecule has 20 heavy (non-hydrogen) atoms. The van der Waals surface area contributed by atoms with Crippen molar-refractivity contribution >= 4 is 33.5 Å². The number of benzene rings is 1. The van der Waals surface area contributed by atoms with Gasteiger partial charge < -0.3 is 4.74 Å². The van der Waals surface area contributed by atoms with E-state index in [1.807, 2.05) is 18.2 Å². The van der Waals surface area contributed by atoms with Crippen LogP contribution < -0.4 is 16.0 Å². The van der Waals surface area contributed by atoms with Crippen molar-refractivity contribution in [1.29, 1.82) is 0 Å². The van der Waals surface area contributed by atoms with Gasteiger partial charge in [-0.25, -0.2) is 10.8 Å². The lowest BCUT2D eigenvalue weighted by Gasteiger charge is -2.14. The number of hydrogen-bond donors (Lipinski definition) is 2. The number of hydrazine groups is 1. The Morgan fingerprint density at radius 2 is 2.15 bits per heavy atom. The standard InChI is InChI=1S/C13H14BrClN4O/c1-7(2)9-5-8(14)3-4-11(9)20-12-10(15)6-17-13(18-12)19-16/h3-7H,16H2,1-2H3,(H,17,18,19). The van der Waals surface area contributed by atoms with Crippen LogP contribution in [-0.4, -0.2) is 9.97 Å². The molecular formula is C13H14BrClN4O. The molecule has 7 heteroatoms. The molecule has 1 aromatic heterocycles. The summed E-state index contributed by atoms with van der Waals surface area (Å²) < 4.78 is 6.79. The molecule has 2 rings (SSSR count). The Bertz CT molecular complexity index is 621. The van der Waals surface area contributed by atoms with Crippen molar-refractivity contribution < 1.29 is 4.74 Å². The van der Waals surface area contributed by atoms with Crippen LogP contribution in [0.25, 0.3) is 0 Å². The van der Waals surface area contributed by atoms with Crippen LogP contribution in [-0.2, 0) is 0 Å². The lowest BCUT2D eigenvalue weighted by Crippen LogP contribution is -2.10. The van der Waals surface area contributed by atoms with Gasteiger partial charge in [0.15, 0.2) is 0 Å². The Morgan fingerprint density at radius 1 is 1.40 bits per heavy atom. The molecule has 1 aromatic carbocycles. The van der Waals surface area contributed by atoms with E-state index >= 15 is 0 Å². The first-order chi connectivity index (χ1) is 9.51. The predicted molar refractivity (Wildman–Crippen MR) is 83.2 cm³/mol. The molecule has 0 radical (unpaired) electrons. The molecule has 2 aromatic rings. The Kier molecular flexibility index (Phi) is 4.80. The second-order valence-corrected chi connectivity index (χ2v) is 5.75. The van der Waals surface area contributed by atoms with Crippen LogP contribution in [0.5, 0.6) is 11.6 Å². The van der Waals surface area contributed by atoms with E-state index in [4.69, 9.17) is 22.2 Å². The molecule has 0 unspecified atom stereocenters. The predicted octanol–water partition coefficient (Wildman–Crippen LogP) is 4.09. The van der Waals surface area contributed by atoms with Crippen molar-refractivity contribution in [2.75, 3.05) is 5.43 Å². The Balaban J connectivity index is 2.39. The zero-order valence-corrected chi connectivity index (χ0v) is 13.4. The second kappa shape index (κ2) is 6.39. The Morgan fingerprint density at radius 3 is 2.80 bits per heavy atom. The number of aromatic nitrogens is 2. The molecule has 106 valence electrons. The van der Waals surface area contributed by atoms with Crippen LogP contribution in [0.15, 0.2) is 28.9 Å². The molecule has 1 heterocycles. The fourth-order valence-electron chi connectivity index (χ4n) is 1.66. The molecule has 5 nitrogen and oxygen atoms in total. The van der Waals surface area contributed by atoms with Crippen molar-refractivity contribution in [2.24, 2.45) is 5.84 Å². The summed E-state index contributed by atoms with van der Waals surface area (Å²) in [4.78, 5) is 8.00. The Hall–Kier alpha value is -1.37. The van der Waals surface area contributed by atoms with Gasteiger partial charge in [-0.15, -0.1) is 0 Å². The summed E-state index contributed by atoms with van der Waals surface area (Å²) in [5.74, 6) is 6.79. The van der Waals surface area contributed by atoms with E-state index in [9.17, 15) is 0 Å². The number of nitrogens with zero attached hydrogens (tertiary/aromatic N) is 2. The van der Waals surface area contributed by atoms with Crippen LogP contribution in [0.3, 0.4) is 0 Å². The van der Waals surface area contributed by atoms with Crippen molar-refractivity contribution in [3.8, 4) is 11.6 Å². The maximum absolute atomic E-state index is 6.04. The highest BCUT2D eigenvalue weighted by Crippen LogP contribution is 2.34. The molecule has 0 aliphatic carbocycles. The maximum atomic E-state index is 6.04. The van der Waals surface area contributed by atoms with E-state index in [0.717, 1.165) is 10.0 Å². The summed E-state index contributed by atoms with van der Waals surface area (Å²) >= 11 is 9.49. The van der Waals surface area contributed by atoms with E-state index in [1.54, 1.807) is 0 Å². The number of rotatable bonds is 4. The van der Waals surface area contributed by atoms with Gasteiger partial charge in [-0.05, 0) is 29.7 Å². The van der Waals surface area contributed by atoms with Crippen LogP contribution in [0.1, 0.15) is 25.3 Å². The number of nitrogens with one attached hydrogen (secondary N) is 1. The highest BCUT2D eigenvalue weighted by atomic mass is 79.9. The van der Waals surface area contributed by atoms with Gasteiger partial charge in [0, 0.05) is 4.47 Å². The first-order valence-electron chi connectivity index (χ1n) is 5.97. The van der Waals surface area contributed by atoms with E-state index in [1.165, 1.54) is 6.20 Å². The van der Waals surface area contributed by atoms with Crippen LogP contribution >= 0.6 is 27.5 Å². The second-order valence-electron chi connectivity index (χ2n) is 4.43. The van der Waals surface area contributed by atoms with Gasteiger partial charge >= 0.3 is 0 Å². The maximum Gasteiger partial charge on any atom is 0.243 e. The summed E-state index contributed by atoms with van der Waals surface area (Å²) in [7, 11) is 0. The molecule has 0 atom stereocenters. The van der Waals surface area contributed by atoms with Gasteiger partial charge in [0.25, 0.3) is 0 Å². The molecule has 0 saturated carbocycles. The van der Waals surface area contributed by atoms with Crippen molar-refractivity contribution in [1.82, 2.24) is 9.97 Å². The van der Waals surface area contributed by atoms with Crippen LogP contribution in [0.2, 0.25) is 5.02 Å². The minimum absolute atomic E-state index is 0.243. The van der Waals surface area contributed by atoms with E-state index < -0.39 is 0 Å². The van der Waals surface area contributed by atoms with Gasteiger partial charge in [0.1, 0.15) is 10.8 Å². The highest BCUT2D eigenvalue weighted by Gasteiger charge is 2.13. The van der Waals surface area contributed by atoms with E-state index in [-0.39, 0.29) is 11.8 Å². The summed E-state index contributed by atoms with van der Waals surface area (Å²) in [5.41, 5.74) is 3.41. The molecule has 0 aliphatic rings. The third-order valence-electron chi connectivity index (χ3n) is 2.64. The SMILES string of the molecule is CC(C)c1cc(Br)ccc1Oc1nc(NN)ncc1Cl. The lowest BCUT2D eigenvalue weighted by atomic mass is 10.0. The van der Waals surface area contributed by atoms with Gasteiger partial charge in [-0.2, -0.15) is 4.98 Å². The topological polar surface area (TPSA) is 73.1 Å². The smallest absolute Gasteiger partial charge is 0.243 e. The van der Waals surface area contributed by atoms with Gasteiger partial charge in [-0.3, -0.25) is 5.43 Å². The minimum Gasteiger partial charge on any atom is -0.437 e. The first kappa shape index (κ1) is 15.0. The molecule has 0 spiro atoms. The molecule has 0 saturated heterocycles. The zero-order chi connectivity index (χ0) is 14.7. The number of anilines is 1. The highest BCUT2D eigenvalue weighted by molar-refractivity contribution is 9.10. The summed E-state index contributed by atoms with van der Waals surface area (Å²) in [5, 5.41) is 0.321. The minimum atomic E-state index is 0.243. The normalized spacial score (nSPS) is 10.7. The Labute approximate surface area is 130 Å². The van der Waals surface area contributed by atoms with E-state index in [2.05, 4.69) is 45.2 Å². The van der Waals surface area contributed by atoms with Crippen molar-refractivity contribution in [3.05, 3.63) is 39.5 Å². The van der Waals surface area contributed by atoms with Crippen LogP contribution in [0, 0.1) is 0 Å². The molecule has 0 bridgehead atoms. The summed E-state index contributed by atoms with van der Waals surface area (Å²) in [6, 6.07) is 5.78. The number of nitrogen functional groups attached to an aromatic ring is 1. The molecule has 3 N–H and O–H groups in total. The van der Waals surface area contributed by atoms with Crippen molar-refractivity contribution in [3.63, 3.8) is 0 Å². The average Bonchev–Trinajstić information content (AvgIpc) is 2.42. The zero-order valence-electron chi connectivity index (χ0n) is 11.0. The van der Waals surface area contributed by atoms with Gasteiger partial charge in [0.05, 0.1) is 6.20 Å².